The molecule has 0 aromatic heterocycles. The number of carbonyl (C=O) groups is 3. The predicted molar refractivity (Wildman–Crippen MR) is 77.7 cm³/mol. The average molecular weight is 302 g/mol. The summed E-state index contributed by atoms with van der Waals surface area (Å²) in [5.74, 6) is -1.70. The highest BCUT2D eigenvalue weighted by atomic mass is 16.6. The maximum atomic E-state index is 12.8. The Morgan fingerprint density at radius 1 is 1.41 bits per heavy atom. The number of hydrogen-bond acceptors (Lipinski definition) is 5. The van der Waals surface area contributed by atoms with Gasteiger partial charge in [-0.15, -0.1) is 0 Å². The van der Waals surface area contributed by atoms with Gasteiger partial charge in [0, 0.05) is 11.5 Å². The molecule has 3 rings (SSSR count). The molecule has 0 bridgehead atoms. The van der Waals surface area contributed by atoms with Crippen molar-refractivity contribution in [3.05, 3.63) is 35.1 Å². The molecule has 0 saturated carbocycles. The summed E-state index contributed by atoms with van der Waals surface area (Å²) in [7, 11) is 0. The second kappa shape index (κ2) is 4.93. The third-order valence-corrected chi connectivity index (χ3v) is 4.70. The third-order valence-electron chi connectivity index (χ3n) is 4.70. The largest absolute Gasteiger partial charge is 0.489 e. The van der Waals surface area contributed by atoms with Gasteiger partial charge in [0.15, 0.2) is 5.60 Å². The first kappa shape index (κ1) is 14.8. The quantitative estimate of drug-likeness (QED) is 0.575. The highest BCUT2D eigenvalue weighted by Gasteiger charge is 2.61. The van der Waals surface area contributed by atoms with E-state index in [0.29, 0.717) is 17.8 Å². The fourth-order valence-electron chi connectivity index (χ4n) is 3.55. The second-order valence-electron chi connectivity index (χ2n) is 6.10. The van der Waals surface area contributed by atoms with Gasteiger partial charge in [0.25, 0.3) is 0 Å². The van der Waals surface area contributed by atoms with Crippen molar-refractivity contribution in [1.29, 1.82) is 0 Å². The summed E-state index contributed by atoms with van der Waals surface area (Å²) in [5, 5.41) is 0. The molecule has 0 amide bonds. The molecule has 116 valence electrons. The molecular weight excluding hydrogens is 284 g/mol. The van der Waals surface area contributed by atoms with Gasteiger partial charge in [0.05, 0.1) is 0 Å². The van der Waals surface area contributed by atoms with Crippen LogP contribution in [-0.4, -0.2) is 29.7 Å². The molecule has 2 aliphatic heterocycles. The Morgan fingerprint density at radius 3 is 2.77 bits per heavy atom. The van der Waals surface area contributed by atoms with E-state index in [1.54, 1.807) is 6.92 Å². The van der Waals surface area contributed by atoms with Crippen molar-refractivity contribution in [1.82, 2.24) is 0 Å². The number of ketones is 2. The smallest absolute Gasteiger partial charge is 0.317 e. The number of hydrogen-bond donors (Lipinski definition) is 0. The van der Waals surface area contributed by atoms with Gasteiger partial charge < -0.3 is 9.47 Å². The van der Waals surface area contributed by atoms with Crippen LogP contribution in [-0.2, 0) is 23.9 Å². The Labute approximate surface area is 128 Å². The third kappa shape index (κ3) is 1.95. The van der Waals surface area contributed by atoms with Gasteiger partial charge in [-0.05, 0) is 44.9 Å². The van der Waals surface area contributed by atoms with E-state index in [-0.39, 0.29) is 18.2 Å². The van der Waals surface area contributed by atoms with Crippen LogP contribution in [0.25, 0.3) is 0 Å². The van der Waals surface area contributed by atoms with Crippen LogP contribution in [0.4, 0.5) is 0 Å². The molecule has 5 heteroatoms. The van der Waals surface area contributed by atoms with Gasteiger partial charge in [0.1, 0.15) is 24.1 Å². The van der Waals surface area contributed by atoms with Gasteiger partial charge in [0.2, 0.25) is 5.78 Å². The molecule has 2 heterocycles. The molecular formula is C17H18O5. The maximum Gasteiger partial charge on any atom is 0.317 e. The highest BCUT2D eigenvalue weighted by Crippen LogP contribution is 2.48. The molecule has 1 aliphatic carbocycles. The number of rotatable bonds is 2. The van der Waals surface area contributed by atoms with Crippen LogP contribution < -0.4 is 0 Å². The first-order valence-electron chi connectivity index (χ1n) is 7.35. The van der Waals surface area contributed by atoms with Gasteiger partial charge in [-0.25, -0.2) is 0 Å². The molecule has 0 radical (unpaired) electrons. The molecule has 1 saturated heterocycles. The van der Waals surface area contributed by atoms with Crippen molar-refractivity contribution in [2.75, 3.05) is 6.61 Å². The molecule has 22 heavy (non-hydrogen) atoms. The Hall–Kier alpha value is -2.17. The Morgan fingerprint density at radius 2 is 2.14 bits per heavy atom. The number of Topliss-reactive ketones (excluding diaryl/α,β-unsaturated/α-hetero) is 2. The van der Waals surface area contributed by atoms with Crippen molar-refractivity contribution < 1.29 is 23.9 Å². The average Bonchev–Trinajstić information content (AvgIpc) is 2.71. The van der Waals surface area contributed by atoms with Gasteiger partial charge in [-0.3, -0.25) is 14.4 Å². The molecule has 5 nitrogen and oxygen atoms in total. The summed E-state index contributed by atoms with van der Waals surface area (Å²) >= 11 is 0. The lowest BCUT2D eigenvalue weighted by atomic mass is 9.68. The SMILES string of the molecule is CC=CC1=CC2=C(CO1)C(=O)C1(C)OC(=O)C(C(C)=O)C1C2. The van der Waals surface area contributed by atoms with E-state index in [0.717, 1.165) is 5.57 Å². The standard InChI is InChI=1S/C17H18O5/c1-4-5-11-6-10-7-13-14(9(2)18)16(20)22-17(13,3)15(19)12(10)8-21-11/h4-6,13-14H,7-8H2,1-3H3. The van der Waals surface area contributed by atoms with Crippen LogP contribution in [0.1, 0.15) is 27.2 Å². The van der Waals surface area contributed by atoms with E-state index < -0.39 is 23.4 Å². The van der Waals surface area contributed by atoms with Crippen molar-refractivity contribution in [3.63, 3.8) is 0 Å². The normalized spacial score (nSPS) is 34.0. The predicted octanol–water partition coefficient (Wildman–Crippen LogP) is 1.88. The number of allylic oxidation sites excluding steroid dienone is 4. The fourth-order valence-corrected chi connectivity index (χ4v) is 3.55. The maximum absolute atomic E-state index is 12.8. The molecule has 3 unspecified atom stereocenters. The van der Waals surface area contributed by atoms with Crippen molar-refractivity contribution in [2.45, 2.75) is 32.8 Å². The van der Waals surface area contributed by atoms with Crippen molar-refractivity contribution >= 4 is 17.5 Å². The van der Waals surface area contributed by atoms with Crippen LogP contribution >= 0.6 is 0 Å². The summed E-state index contributed by atoms with van der Waals surface area (Å²) in [4.78, 5) is 36.6. The zero-order chi connectivity index (χ0) is 16.1. The summed E-state index contributed by atoms with van der Waals surface area (Å²) in [6, 6.07) is 0. The number of fused-ring (bicyclic) bond motifs is 1. The van der Waals surface area contributed by atoms with E-state index in [1.165, 1.54) is 6.92 Å². The van der Waals surface area contributed by atoms with Crippen LogP contribution in [0, 0.1) is 11.8 Å². The van der Waals surface area contributed by atoms with Gasteiger partial charge in [-0.1, -0.05) is 6.08 Å². The number of ether oxygens (including phenoxy) is 2. The minimum atomic E-state index is -1.25. The topological polar surface area (TPSA) is 69.7 Å². The Balaban J connectivity index is 2.05. The van der Waals surface area contributed by atoms with Crippen LogP contribution in [0.3, 0.4) is 0 Å². The van der Waals surface area contributed by atoms with Crippen LogP contribution in [0.2, 0.25) is 0 Å². The molecule has 0 spiro atoms. The molecule has 0 N–H and O–H groups in total. The van der Waals surface area contributed by atoms with E-state index in [4.69, 9.17) is 9.47 Å². The molecule has 0 aromatic rings. The van der Waals surface area contributed by atoms with Crippen molar-refractivity contribution in [3.8, 4) is 0 Å². The van der Waals surface area contributed by atoms with E-state index in [2.05, 4.69) is 0 Å². The molecule has 3 aliphatic rings. The lowest BCUT2D eigenvalue weighted by molar-refractivity contribution is -0.157. The monoisotopic (exact) mass is 302 g/mol. The molecule has 1 fully saturated rings. The fraction of sp³-hybridized carbons (Fsp3) is 0.471. The molecule has 3 atom stereocenters. The second-order valence-corrected chi connectivity index (χ2v) is 6.10. The lowest BCUT2D eigenvalue weighted by Gasteiger charge is -2.36. The minimum absolute atomic E-state index is 0.176. The van der Waals surface area contributed by atoms with E-state index >= 15 is 0 Å². The highest BCUT2D eigenvalue weighted by molar-refractivity contribution is 6.10. The first-order chi connectivity index (χ1) is 10.4. The zero-order valence-electron chi connectivity index (χ0n) is 12.8. The van der Waals surface area contributed by atoms with Crippen LogP contribution in [0.15, 0.2) is 35.1 Å². The summed E-state index contributed by atoms with van der Waals surface area (Å²) in [6.45, 7) is 5.04. The summed E-state index contributed by atoms with van der Waals surface area (Å²) in [6.07, 6.45) is 5.96. The molecule has 0 aromatic carbocycles. The van der Waals surface area contributed by atoms with Gasteiger partial charge >= 0.3 is 5.97 Å². The van der Waals surface area contributed by atoms with E-state index in [9.17, 15) is 14.4 Å². The van der Waals surface area contributed by atoms with Crippen LogP contribution in [0.5, 0.6) is 0 Å². The van der Waals surface area contributed by atoms with E-state index in [1.807, 2.05) is 25.2 Å². The summed E-state index contributed by atoms with van der Waals surface area (Å²) < 4.78 is 10.9. The zero-order valence-corrected chi connectivity index (χ0v) is 12.8. The van der Waals surface area contributed by atoms with Gasteiger partial charge in [-0.2, -0.15) is 0 Å². The number of esters is 1. The first-order valence-corrected chi connectivity index (χ1v) is 7.35. The lowest BCUT2D eigenvalue weighted by Crippen LogP contribution is -2.48. The van der Waals surface area contributed by atoms with Crippen molar-refractivity contribution in [2.24, 2.45) is 11.8 Å². The Kier molecular flexibility index (Phi) is 3.31. The number of carbonyl (C=O) groups excluding carboxylic acids is 3. The Bertz CT molecular complexity index is 667. The minimum Gasteiger partial charge on any atom is -0.489 e. The summed E-state index contributed by atoms with van der Waals surface area (Å²) in [5.41, 5.74) is 0.141.